The second kappa shape index (κ2) is 7.45. The van der Waals surface area contributed by atoms with E-state index in [0.717, 1.165) is 41.5 Å². The number of carbonyl (C=O) groups is 1. The van der Waals surface area contributed by atoms with Crippen molar-refractivity contribution in [3.8, 4) is 0 Å². The summed E-state index contributed by atoms with van der Waals surface area (Å²) in [4.78, 5) is 12.0. The molecule has 3 rings (SSSR count). The van der Waals surface area contributed by atoms with Crippen molar-refractivity contribution < 1.29 is 14.3 Å². The normalized spacial score (nSPS) is 15.8. The number of fused-ring (bicyclic) bond motifs is 1. The third-order valence-corrected chi connectivity index (χ3v) is 4.39. The summed E-state index contributed by atoms with van der Waals surface area (Å²) in [6, 6.07) is 12.1. The third kappa shape index (κ3) is 3.92. The number of aliphatic hydroxyl groups is 1. The lowest BCUT2D eigenvalue weighted by Gasteiger charge is -2.15. The van der Waals surface area contributed by atoms with Gasteiger partial charge in [-0.1, -0.05) is 30.3 Å². The molecule has 2 aromatic rings. The minimum atomic E-state index is -0.230. The van der Waals surface area contributed by atoms with Crippen LogP contribution in [0.3, 0.4) is 0 Å². The zero-order valence-electron chi connectivity index (χ0n) is 13.4. The lowest BCUT2D eigenvalue weighted by molar-refractivity contribution is 0.237. The largest absolute Gasteiger partial charge is 0.392 e. The van der Waals surface area contributed by atoms with E-state index in [1.165, 1.54) is 6.07 Å². The zero-order valence-corrected chi connectivity index (χ0v) is 13.4. The molecule has 1 aliphatic carbocycles. The molecule has 0 aliphatic heterocycles. The van der Waals surface area contributed by atoms with Gasteiger partial charge >= 0.3 is 6.03 Å². The van der Waals surface area contributed by atoms with Crippen LogP contribution in [0.4, 0.5) is 9.18 Å². The quantitative estimate of drug-likeness (QED) is 0.790. The maximum atomic E-state index is 13.2. The van der Waals surface area contributed by atoms with Gasteiger partial charge in [0.1, 0.15) is 5.82 Å². The minimum Gasteiger partial charge on any atom is -0.392 e. The topological polar surface area (TPSA) is 61.4 Å². The molecule has 126 valence electrons. The van der Waals surface area contributed by atoms with Crippen molar-refractivity contribution in [3.63, 3.8) is 0 Å². The van der Waals surface area contributed by atoms with Crippen LogP contribution >= 0.6 is 0 Å². The second-order valence-corrected chi connectivity index (χ2v) is 6.06. The highest BCUT2D eigenvalue weighted by Crippen LogP contribution is 2.31. The van der Waals surface area contributed by atoms with Gasteiger partial charge in [-0.05, 0) is 53.6 Å². The highest BCUT2D eigenvalue weighted by Gasteiger charge is 2.24. The Hall–Kier alpha value is -2.40. The summed E-state index contributed by atoms with van der Waals surface area (Å²) in [6.45, 7) is 0.570. The van der Waals surface area contributed by atoms with Gasteiger partial charge < -0.3 is 15.7 Å². The van der Waals surface area contributed by atoms with E-state index in [4.69, 9.17) is 5.11 Å². The zero-order chi connectivity index (χ0) is 16.9. The fourth-order valence-electron chi connectivity index (χ4n) is 3.08. The molecule has 1 unspecified atom stereocenters. The number of aryl methyl sites for hydroxylation is 1. The van der Waals surface area contributed by atoms with E-state index in [9.17, 15) is 9.18 Å². The van der Waals surface area contributed by atoms with E-state index < -0.39 is 0 Å². The summed E-state index contributed by atoms with van der Waals surface area (Å²) in [6.07, 6.45) is 2.32. The maximum Gasteiger partial charge on any atom is 0.315 e. The molecule has 0 saturated heterocycles. The molecule has 0 spiro atoms. The number of urea groups is 1. The molecule has 1 atom stereocenters. The number of aliphatic hydroxyl groups excluding tert-OH is 1. The highest BCUT2D eigenvalue weighted by atomic mass is 19.1. The first-order chi connectivity index (χ1) is 11.7. The van der Waals surface area contributed by atoms with Gasteiger partial charge in [0.05, 0.1) is 12.6 Å². The van der Waals surface area contributed by atoms with Gasteiger partial charge in [0, 0.05) is 6.54 Å². The van der Waals surface area contributed by atoms with Crippen LogP contribution in [-0.4, -0.2) is 17.7 Å². The Morgan fingerprint density at radius 2 is 1.92 bits per heavy atom. The van der Waals surface area contributed by atoms with Crippen LogP contribution in [0.2, 0.25) is 0 Å². The molecule has 2 aromatic carbocycles. The molecule has 2 amide bonds. The third-order valence-electron chi connectivity index (χ3n) is 4.39. The maximum absolute atomic E-state index is 13.2. The standard InChI is InChI=1S/C19H21FN2O2/c20-16-6-7-17-15(11-16)5-8-18(17)22-19(24)21-10-9-13-1-3-14(12-23)4-2-13/h1-4,6-7,11,18,23H,5,8-10,12H2,(H2,21,22,24). The van der Waals surface area contributed by atoms with Gasteiger partial charge in [0.15, 0.2) is 0 Å². The average Bonchev–Trinajstić information content (AvgIpc) is 2.97. The molecule has 5 heteroatoms. The Labute approximate surface area is 140 Å². The van der Waals surface area contributed by atoms with Gasteiger partial charge in [-0.15, -0.1) is 0 Å². The number of hydrogen-bond acceptors (Lipinski definition) is 2. The van der Waals surface area contributed by atoms with E-state index in [-0.39, 0.29) is 24.5 Å². The first kappa shape index (κ1) is 16.5. The number of halogens is 1. The molecule has 3 N–H and O–H groups in total. The van der Waals surface area contributed by atoms with Crippen LogP contribution in [-0.2, 0) is 19.4 Å². The number of amides is 2. The van der Waals surface area contributed by atoms with Crippen molar-refractivity contribution in [2.75, 3.05) is 6.54 Å². The van der Waals surface area contributed by atoms with Gasteiger partial charge in [0.2, 0.25) is 0 Å². The number of benzene rings is 2. The fourth-order valence-corrected chi connectivity index (χ4v) is 3.08. The van der Waals surface area contributed by atoms with Gasteiger partial charge in [-0.25, -0.2) is 9.18 Å². The fraction of sp³-hybridized carbons (Fsp3) is 0.316. The smallest absolute Gasteiger partial charge is 0.315 e. The van der Waals surface area contributed by atoms with Crippen molar-refractivity contribution in [1.82, 2.24) is 10.6 Å². The highest BCUT2D eigenvalue weighted by molar-refractivity contribution is 5.74. The number of rotatable bonds is 5. The van der Waals surface area contributed by atoms with Crippen LogP contribution in [0.15, 0.2) is 42.5 Å². The average molecular weight is 328 g/mol. The van der Waals surface area contributed by atoms with Crippen LogP contribution in [0, 0.1) is 5.82 Å². The summed E-state index contributed by atoms with van der Waals surface area (Å²) in [7, 11) is 0. The predicted molar refractivity (Wildman–Crippen MR) is 90.1 cm³/mol. The lowest BCUT2D eigenvalue weighted by Crippen LogP contribution is -2.38. The van der Waals surface area contributed by atoms with Crippen LogP contribution < -0.4 is 10.6 Å². The minimum absolute atomic E-state index is 0.0354. The van der Waals surface area contributed by atoms with Crippen LogP contribution in [0.5, 0.6) is 0 Å². The van der Waals surface area contributed by atoms with E-state index in [1.54, 1.807) is 12.1 Å². The molecule has 0 saturated carbocycles. The van der Waals surface area contributed by atoms with E-state index in [1.807, 2.05) is 24.3 Å². The Morgan fingerprint density at radius 1 is 1.17 bits per heavy atom. The molecule has 4 nitrogen and oxygen atoms in total. The summed E-state index contributed by atoms with van der Waals surface area (Å²) >= 11 is 0. The first-order valence-electron chi connectivity index (χ1n) is 8.17. The van der Waals surface area contributed by atoms with Crippen molar-refractivity contribution >= 4 is 6.03 Å². The predicted octanol–water partition coefficient (Wildman–Crippen LogP) is 2.85. The molecule has 0 bridgehead atoms. The van der Waals surface area contributed by atoms with Crippen molar-refractivity contribution in [2.45, 2.75) is 31.9 Å². The van der Waals surface area contributed by atoms with E-state index in [2.05, 4.69) is 10.6 Å². The number of nitrogens with one attached hydrogen (secondary N) is 2. The summed E-state index contributed by atoms with van der Waals surface area (Å²) in [5, 5.41) is 14.8. The van der Waals surface area contributed by atoms with Crippen molar-refractivity contribution in [3.05, 3.63) is 70.5 Å². The number of carbonyl (C=O) groups excluding carboxylic acids is 1. The van der Waals surface area contributed by atoms with Gasteiger partial charge in [-0.2, -0.15) is 0 Å². The molecule has 1 aliphatic rings. The second-order valence-electron chi connectivity index (χ2n) is 6.06. The van der Waals surface area contributed by atoms with Crippen molar-refractivity contribution in [2.24, 2.45) is 0 Å². The van der Waals surface area contributed by atoms with Gasteiger partial charge in [0.25, 0.3) is 0 Å². The first-order valence-corrected chi connectivity index (χ1v) is 8.17. The number of hydrogen-bond donors (Lipinski definition) is 3. The molecule has 0 heterocycles. The Bertz CT molecular complexity index is 716. The Kier molecular flexibility index (Phi) is 5.11. The SMILES string of the molecule is O=C(NCCc1ccc(CO)cc1)NC1CCc2cc(F)ccc21. The summed E-state index contributed by atoms with van der Waals surface area (Å²) in [5.74, 6) is -0.230. The Balaban J connectivity index is 1.46. The monoisotopic (exact) mass is 328 g/mol. The molecule has 0 aromatic heterocycles. The van der Waals surface area contributed by atoms with E-state index >= 15 is 0 Å². The Morgan fingerprint density at radius 3 is 2.67 bits per heavy atom. The molecule has 0 fully saturated rings. The van der Waals surface area contributed by atoms with Gasteiger partial charge in [-0.3, -0.25) is 0 Å². The lowest BCUT2D eigenvalue weighted by atomic mass is 10.1. The molecular formula is C19H21FN2O2. The van der Waals surface area contributed by atoms with Crippen molar-refractivity contribution in [1.29, 1.82) is 0 Å². The van der Waals surface area contributed by atoms with Crippen LogP contribution in [0.25, 0.3) is 0 Å². The molecule has 24 heavy (non-hydrogen) atoms. The molecule has 0 radical (unpaired) electrons. The summed E-state index contributed by atoms with van der Waals surface area (Å²) in [5.41, 5.74) is 3.96. The van der Waals surface area contributed by atoms with Crippen LogP contribution in [0.1, 0.15) is 34.7 Å². The summed E-state index contributed by atoms with van der Waals surface area (Å²) < 4.78 is 13.2. The molecular weight excluding hydrogens is 307 g/mol. The van der Waals surface area contributed by atoms with E-state index in [0.29, 0.717) is 6.54 Å².